The molecule has 0 aliphatic rings. The van der Waals surface area contributed by atoms with Crippen LogP contribution in [0.3, 0.4) is 0 Å². The molecule has 0 unspecified atom stereocenters. The van der Waals surface area contributed by atoms with E-state index in [1.807, 2.05) is 0 Å². The standard InChI is InChI=1S/C13H7NO5/c15-12(9-3-1-5-17-9)8-7-19-14-11(8)13(16)10-4-2-6-18-10/h1-7H. The van der Waals surface area contributed by atoms with E-state index in [9.17, 15) is 9.59 Å². The molecular formula is C13H7NO5. The van der Waals surface area contributed by atoms with E-state index < -0.39 is 11.6 Å². The summed E-state index contributed by atoms with van der Waals surface area (Å²) in [5, 5.41) is 3.56. The molecule has 0 atom stereocenters. The van der Waals surface area contributed by atoms with Gasteiger partial charge in [-0.15, -0.1) is 0 Å². The molecule has 0 aromatic carbocycles. The lowest BCUT2D eigenvalue weighted by Gasteiger charge is -1.95. The smallest absolute Gasteiger partial charge is 0.250 e. The monoisotopic (exact) mass is 257 g/mol. The van der Waals surface area contributed by atoms with Gasteiger partial charge < -0.3 is 13.4 Å². The molecule has 0 aliphatic carbocycles. The second kappa shape index (κ2) is 4.41. The third-order valence-corrected chi connectivity index (χ3v) is 2.52. The van der Waals surface area contributed by atoms with Crippen molar-refractivity contribution in [2.24, 2.45) is 0 Å². The maximum Gasteiger partial charge on any atom is 0.250 e. The van der Waals surface area contributed by atoms with E-state index in [1.165, 1.54) is 24.7 Å². The van der Waals surface area contributed by atoms with Crippen LogP contribution in [0.1, 0.15) is 32.4 Å². The molecule has 3 aromatic rings. The van der Waals surface area contributed by atoms with E-state index in [0.29, 0.717) is 0 Å². The minimum absolute atomic E-state index is 0.0383. The van der Waals surface area contributed by atoms with Gasteiger partial charge in [0, 0.05) is 0 Å². The summed E-state index contributed by atoms with van der Waals surface area (Å²) < 4.78 is 14.7. The van der Waals surface area contributed by atoms with Gasteiger partial charge in [0.15, 0.2) is 17.2 Å². The predicted octanol–water partition coefficient (Wildman–Crippen LogP) is 2.32. The number of hydrogen-bond acceptors (Lipinski definition) is 6. The normalized spacial score (nSPS) is 10.5. The number of nitrogens with zero attached hydrogens (tertiary/aromatic N) is 1. The van der Waals surface area contributed by atoms with Crippen molar-refractivity contribution < 1.29 is 22.9 Å². The van der Waals surface area contributed by atoms with Crippen molar-refractivity contribution >= 4 is 11.6 Å². The number of hydrogen-bond donors (Lipinski definition) is 0. The van der Waals surface area contributed by atoms with Crippen LogP contribution in [0.4, 0.5) is 0 Å². The molecule has 3 heterocycles. The molecule has 3 aromatic heterocycles. The van der Waals surface area contributed by atoms with Gasteiger partial charge in [0.25, 0.3) is 5.78 Å². The molecule has 0 spiro atoms. The molecule has 0 amide bonds. The molecule has 3 rings (SSSR count). The number of rotatable bonds is 4. The van der Waals surface area contributed by atoms with E-state index in [-0.39, 0.29) is 22.8 Å². The zero-order chi connectivity index (χ0) is 13.2. The van der Waals surface area contributed by atoms with Gasteiger partial charge in [0.05, 0.1) is 18.1 Å². The first-order valence-corrected chi connectivity index (χ1v) is 5.38. The van der Waals surface area contributed by atoms with Gasteiger partial charge in [-0.2, -0.15) is 0 Å². The second-order valence-electron chi connectivity index (χ2n) is 3.69. The molecule has 0 saturated heterocycles. The Morgan fingerprint density at radius 1 is 0.947 bits per heavy atom. The first kappa shape index (κ1) is 11.2. The Hall–Kier alpha value is -2.89. The van der Waals surface area contributed by atoms with Gasteiger partial charge in [0.2, 0.25) is 5.78 Å². The van der Waals surface area contributed by atoms with Gasteiger partial charge in [-0.25, -0.2) is 0 Å². The third kappa shape index (κ3) is 1.89. The fraction of sp³-hybridized carbons (Fsp3) is 0. The summed E-state index contributed by atoms with van der Waals surface area (Å²) >= 11 is 0. The lowest BCUT2D eigenvalue weighted by molar-refractivity contribution is 0.0975. The van der Waals surface area contributed by atoms with Crippen LogP contribution in [0, 0.1) is 0 Å². The summed E-state index contributed by atoms with van der Waals surface area (Å²) in [6.45, 7) is 0. The Kier molecular flexibility index (Phi) is 2.60. The number of carbonyl (C=O) groups excluding carboxylic acids is 2. The highest BCUT2D eigenvalue weighted by Gasteiger charge is 2.26. The summed E-state index contributed by atoms with van der Waals surface area (Å²) in [4.78, 5) is 24.2. The van der Waals surface area contributed by atoms with E-state index in [2.05, 4.69) is 5.16 Å². The van der Waals surface area contributed by atoms with Crippen molar-refractivity contribution in [3.8, 4) is 0 Å². The summed E-state index contributed by atoms with van der Waals surface area (Å²) in [5.74, 6) is -0.797. The van der Waals surface area contributed by atoms with E-state index in [0.717, 1.165) is 6.26 Å². The van der Waals surface area contributed by atoms with Crippen LogP contribution in [0.15, 0.2) is 56.4 Å². The molecule has 6 heteroatoms. The average Bonchev–Trinajstić information content (AvgIpc) is 3.16. The maximum absolute atomic E-state index is 12.1. The molecule has 0 fully saturated rings. The summed E-state index contributed by atoms with van der Waals surface area (Å²) in [7, 11) is 0. The van der Waals surface area contributed by atoms with Crippen molar-refractivity contribution in [2.45, 2.75) is 0 Å². The Balaban J connectivity index is 1.99. The zero-order valence-corrected chi connectivity index (χ0v) is 9.53. The Labute approximate surface area is 106 Å². The highest BCUT2D eigenvalue weighted by Crippen LogP contribution is 2.17. The van der Waals surface area contributed by atoms with Crippen molar-refractivity contribution in [2.75, 3.05) is 0 Å². The van der Waals surface area contributed by atoms with Crippen molar-refractivity contribution in [1.82, 2.24) is 5.16 Å². The van der Waals surface area contributed by atoms with Crippen LogP contribution >= 0.6 is 0 Å². The Morgan fingerprint density at radius 2 is 1.58 bits per heavy atom. The van der Waals surface area contributed by atoms with Crippen LogP contribution in [-0.2, 0) is 0 Å². The minimum Gasteiger partial charge on any atom is -0.461 e. The summed E-state index contributed by atoms with van der Waals surface area (Å²) in [6, 6.07) is 6.13. The van der Waals surface area contributed by atoms with Crippen molar-refractivity contribution in [3.63, 3.8) is 0 Å². The van der Waals surface area contributed by atoms with E-state index >= 15 is 0 Å². The van der Waals surface area contributed by atoms with Gasteiger partial charge in [-0.1, -0.05) is 5.16 Å². The molecule has 0 saturated carbocycles. The van der Waals surface area contributed by atoms with Gasteiger partial charge in [-0.05, 0) is 24.3 Å². The van der Waals surface area contributed by atoms with E-state index in [4.69, 9.17) is 13.4 Å². The van der Waals surface area contributed by atoms with Gasteiger partial charge in [0.1, 0.15) is 6.26 Å². The number of carbonyl (C=O) groups is 2. The molecule has 0 radical (unpaired) electrons. The molecule has 0 N–H and O–H groups in total. The van der Waals surface area contributed by atoms with E-state index in [1.54, 1.807) is 12.1 Å². The topological polar surface area (TPSA) is 86.5 Å². The average molecular weight is 257 g/mol. The number of furan rings is 2. The predicted molar refractivity (Wildman–Crippen MR) is 60.8 cm³/mol. The first-order valence-electron chi connectivity index (χ1n) is 5.38. The number of ketones is 2. The van der Waals surface area contributed by atoms with Crippen LogP contribution in [0.5, 0.6) is 0 Å². The summed E-state index contributed by atoms with van der Waals surface area (Å²) in [6.07, 6.45) is 3.84. The van der Waals surface area contributed by atoms with Crippen LogP contribution in [0.25, 0.3) is 0 Å². The lowest BCUT2D eigenvalue weighted by atomic mass is 10.1. The molecular weight excluding hydrogens is 250 g/mol. The quantitative estimate of drug-likeness (QED) is 0.666. The van der Waals surface area contributed by atoms with Crippen LogP contribution < -0.4 is 0 Å². The molecule has 19 heavy (non-hydrogen) atoms. The van der Waals surface area contributed by atoms with Gasteiger partial charge >= 0.3 is 0 Å². The van der Waals surface area contributed by atoms with Crippen LogP contribution in [-0.4, -0.2) is 16.7 Å². The third-order valence-electron chi connectivity index (χ3n) is 2.52. The lowest BCUT2D eigenvalue weighted by Crippen LogP contribution is -2.08. The molecule has 0 aliphatic heterocycles. The first-order chi connectivity index (χ1) is 9.27. The fourth-order valence-corrected chi connectivity index (χ4v) is 1.63. The second-order valence-corrected chi connectivity index (χ2v) is 3.69. The largest absolute Gasteiger partial charge is 0.461 e. The molecule has 6 nitrogen and oxygen atoms in total. The fourth-order valence-electron chi connectivity index (χ4n) is 1.63. The SMILES string of the molecule is O=C(c1ccco1)c1conc1C(=O)c1ccco1. The van der Waals surface area contributed by atoms with Crippen molar-refractivity contribution in [1.29, 1.82) is 0 Å². The highest BCUT2D eigenvalue weighted by atomic mass is 16.5. The van der Waals surface area contributed by atoms with Gasteiger partial charge in [-0.3, -0.25) is 9.59 Å². The molecule has 0 bridgehead atoms. The maximum atomic E-state index is 12.1. The number of aromatic nitrogens is 1. The Bertz CT molecular complexity index is 645. The zero-order valence-electron chi connectivity index (χ0n) is 9.53. The molecule has 94 valence electrons. The minimum atomic E-state index is -0.520. The highest BCUT2D eigenvalue weighted by molar-refractivity contribution is 6.16. The van der Waals surface area contributed by atoms with Crippen molar-refractivity contribution in [3.05, 3.63) is 65.8 Å². The Morgan fingerprint density at radius 3 is 2.16 bits per heavy atom. The summed E-state index contributed by atoms with van der Waals surface area (Å²) in [5.41, 5.74) is -0.0623. The van der Waals surface area contributed by atoms with Crippen LogP contribution in [0.2, 0.25) is 0 Å².